The van der Waals surface area contributed by atoms with Gasteiger partial charge in [0.1, 0.15) is 6.10 Å². The molecule has 3 unspecified atom stereocenters. The van der Waals surface area contributed by atoms with Crippen LogP contribution in [-0.2, 0) is 9.59 Å². The van der Waals surface area contributed by atoms with E-state index < -0.39 is 36.3 Å². The minimum Gasteiger partial charge on any atom is -0.394 e. The molecule has 0 heterocycles. The third-order valence-electron chi connectivity index (χ3n) is 7.48. The van der Waals surface area contributed by atoms with Gasteiger partial charge in [-0.2, -0.15) is 0 Å². The summed E-state index contributed by atoms with van der Waals surface area (Å²) in [6.07, 6.45) is 22.9. The molecule has 0 saturated carbocycles. The molecule has 3 N–H and O–H groups in total. The number of Topliss-reactive ketones (excluding diaryl/α,β-unsaturated/α-hetero) is 2. The molecule has 0 aromatic rings. The highest BCUT2D eigenvalue weighted by molar-refractivity contribution is 6.38. The van der Waals surface area contributed by atoms with Crippen LogP contribution in [0.5, 0.6) is 0 Å². The van der Waals surface area contributed by atoms with E-state index in [0.717, 1.165) is 44.9 Å². The van der Waals surface area contributed by atoms with Gasteiger partial charge < -0.3 is 15.3 Å². The van der Waals surface area contributed by atoms with Crippen molar-refractivity contribution in [2.75, 3.05) is 6.61 Å². The number of aliphatic hydroxyl groups excluding tert-OH is 3. The highest BCUT2D eigenvalue weighted by atomic mass is 16.4. The molecular formula is C31H60O5. The maximum atomic E-state index is 12.7. The molecule has 0 bridgehead atoms. The van der Waals surface area contributed by atoms with E-state index in [1.807, 2.05) is 0 Å². The Kier molecular flexibility index (Phi) is 25.3. The summed E-state index contributed by atoms with van der Waals surface area (Å²) in [6, 6.07) is 0. The van der Waals surface area contributed by atoms with Gasteiger partial charge >= 0.3 is 0 Å². The first-order valence-electron chi connectivity index (χ1n) is 15.5. The molecular weight excluding hydrogens is 452 g/mol. The van der Waals surface area contributed by atoms with Crippen molar-refractivity contribution < 1.29 is 24.9 Å². The van der Waals surface area contributed by atoms with Gasteiger partial charge in [0, 0.05) is 6.42 Å². The molecule has 0 saturated heterocycles. The van der Waals surface area contributed by atoms with Gasteiger partial charge in [0.2, 0.25) is 5.78 Å². The fourth-order valence-electron chi connectivity index (χ4n) is 4.96. The standard InChI is InChI=1S/C31H60O5/c1-3-5-7-9-10-11-12-13-14-15-16-17-18-19-21-22-24-27(31(36)29(34)26-32)30(35)28(33)25-23-20-8-6-4-2/h27,29,31-32,34,36H,3-26H2,1-2H3. The van der Waals surface area contributed by atoms with E-state index in [1.54, 1.807) is 0 Å². The van der Waals surface area contributed by atoms with Crippen LogP contribution in [-0.4, -0.2) is 45.7 Å². The molecule has 0 rings (SSSR count). The number of unbranched alkanes of at least 4 members (excludes halogenated alkanes) is 19. The molecule has 0 aromatic carbocycles. The van der Waals surface area contributed by atoms with Gasteiger partial charge in [-0.05, 0) is 12.8 Å². The molecule has 214 valence electrons. The van der Waals surface area contributed by atoms with E-state index >= 15 is 0 Å². The lowest BCUT2D eigenvalue weighted by atomic mass is 9.85. The summed E-state index contributed by atoms with van der Waals surface area (Å²) in [7, 11) is 0. The van der Waals surface area contributed by atoms with E-state index in [-0.39, 0.29) is 6.42 Å². The van der Waals surface area contributed by atoms with Crippen LogP contribution >= 0.6 is 0 Å². The van der Waals surface area contributed by atoms with Crippen molar-refractivity contribution in [3.63, 3.8) is 0 Å². The topological polar surface area (TPSA) is 94.8 Å². The fraction of sp³-hybridized carbons (Fsp3) is 0.935. The van der Waals surface area contributed by atoms with Crippen molar-refractivity contribution in [2.45, 2.75) is 174 Å². The summed E-state index contributed by atoms with van der Waals surface area (Å²) in [5.41, 5.74) is 0. The third-order valence-corrected chi connectivity index (χ3v) is 7.48. The van der Waals surface area contributed by atoms with Crippen LogP contribution in [0.4, 0.5) is 0 Å². The first kappa shape index (κ1) is 35.2. The zero-order valence-corrected chi connectivity index (χ0v) is 23.9. The van der Waals surface area contributed by atoms with Crippen LogP contribution in [0.25, 0.3) is 0 Å². The van der Waals surface area contributed by atoms with Crippen molar-refractivity contribution in [3.05, 3.63) is 0 Å². The van der Waals surface area contributed by atoms with E-state index in [0.29, 0.717) is 12.8 Å². The van der Waals surface area contributed by atoms with Gasteiger partial charge in [0.25, 0.3) is 0 Å². The van der Waals surface area contributed by atoms with E-state index in [9.17, 15) is 24.9 Å². The number of rotatable bonds is 28. The summed E-state index contributed by atoms with van der Waals surface area (Å²) in [4.78, 5) is 25.1. The smallest absolute Gasteiger partial charge is 0.204 e. The molecule has 5 nitrogen and oxygen atoms in total. The summed E-state index contributed by atoms with van der Waals surface area (Å²) in [6.45, 7) is 3.78. The number of ketones is 2. The SMILES string of the molecule is CCCCCCCCCCCCCCCCCCC(C(=O)C(=O)CCCCCCC)C(O)C(O)CO. The number of aliphatic hydroxyl groups is 3. The molecule has 0 aliphatic carbocycles. The second-order valence-electron chi connectivity index (χ2n) is 10.9. The van der Waals surface area contributed by atoms with Crippen LogP contribution in [0, 0.1) is 5.92 Å². The van der Waals surface area contributed by atoms with Crippen LogP contribution in [0.2, 0.25) is 0 Å². The monoisotopic (exact) mass is 512 g/mol. The summed E-state index contributed by atoms with van der Waals surface area (Å²) in [5.74, 6) is -1.94. The Labute approximate surface area is 222 Å². The average molecular weight is 513 g/mol. The van der Waals surface area contributed by atoms with Crippen molar-refractivity contribution in [1.82, 2.24) is 0 Å². The maximum absolute atomic E-state index is 12.7. The Morgan fingerprint density at radius 1 is 0.556 bits per heavy atom. The average Bonchev–Trinajstić information content (AvgIpc) is 2.89. The van der Waals surface area contributed by atoms with Gasteiger partial charge in [0.05, 0.1) is 18.6 Å². The molecule has 0 fully saturated rings. The van der Waals surface area contributed by atoms with Crippen LogP contribution < -0.4 is 0 Å². The molecule has 36 heavy (non-hydrogen) atoms. The summed E-state index contributed by atoms with van der Waals surface area (Å²) < 4.78 is 0. The van der Waals surface area contributed by atoms with Crippen LogP contribution in [0.1, 0.15) is 162 Å². The van der Waals surface area contributed by atoms with Gasteiger partial charge in [0.15, 0.2) is 5.78 Å². The molecule has 3 atom stereocenters. The quantitative estimate of drug-likeness (QED) is 0.0746. The second-order valence-corrected chi connectivity index (χ2v) is 10.9. The second kappa shape index (κ2) is 25.9. The molecule has 0 aromatic heterocycles. The Bertz CT molecular complexity index is 507. The van der Waals surface area contributed by atoms with E-state index in [2.05, 4.69) is 13.8 Å². The lowest BCUT2D eigenvalue weighted by molar-refractivity contribution is -0.144. The third kappa shape index (κ3) is 19.3. The van der Waals surface area contributed by atoms with Crippen molar-refractivity contribution in [2.24, 2.45) is 5.92 Å². The van der Waals surface area contributed by atoms with Gasteiger partial charge in [-0.25, -0.2) is 0 Å². The summed E-state index contributed by atoms with van der Waals surface area (Å²) in [5, 5.41) is 29.5. The highest BCUT2D eigenvalue weighted by Crippen LogP contribution is 2.21. The minimum absolute atomic E-state index is 0.208. The number of hydrogen-bond donors (Lipinski definition) is 3. The zero-order chi connectivity index (χ0) is 26.9. The molecule has 0 spiro atoms. The Morgan fingerprint density at radius 3 is 1.31 bits per heavy atom. The number of carbonyl (C=O) groups excluding carboxylic acids is 2. The lowest BCUT2D eigenvalue weighted by Crippen LogP contribution is -2.42. The fourth-order valence-corrected chi connectivity index (χ4v) is 4.96. The number of carbonyl (C=O) groups is 2. The van der Waals surface area contributed by atoms with Gasteiger partial charge in [-0.1, -0.05) is 142 Å². The number of hydrogen-bond acceptors (Lipinski definition) is 5. The zero-order valence-electron chi connectivity index (χ0n) is 23.9. The maximum Gasteiger partial charge on any atom is 0.204 e. The highest BCUT2D eigenvalue weighted by Gasteiger charge is 2.34. The van der Waals surface area contributed by atoms with Crippen LogP contribution in [0.3, 0.4) is 0 Å². The Hall–Kier alpha value is -0.780. The van der Waals surface area contributed by atoms with E-state index in [4.69, 9.17) is 0 Å². The predicted octanol–water partition coefficient (Wildman–Crippen LogP) is 7.47. The minimum atomic E-state index is -1.39. The van der Waals surface area contributed by atoms with Crippen LogP contribution in [0.15, 0.2) is 0 Å². The normalized spacial score (nSPS) is 14.0. The molecule has 0 radical (unpaired) electrons. The molecule has 0 aliphatic heterocycles. The first-order valence-corrected chi connectivity index (χ1v) is 15.5. The summed E-state index contributed by atoms with van der Waals surface area (Å²) >= 11 is 0. The molecule has 5 heteroatoms. The lowest BCUT2D eigenvalue weighted by Gasteiger charge is -2.24. The molecule has 0 amide bonds. The van der Waals surface area contributed by atoms with Crippen molar-refractivity contribution >= 4 is 11.6 Å². The first-order chi connectivity index (χ1) is 17.5. The van der Waals surface area contributed by atoms with Gasteiger partial charge in [-0.15, -0.1) is 0 Å². The van der Waals surface area contributed by atoms with Gasteiger partial charge in [-0.3, -0.25) is 9.59 Å². The van der Waals surface area contributed by atoms with E-state index in [1.165, 1.54) is 83.5 Å². The Balaban J connectivity index is 4.00. The van der Waals surface area contributed by atoms with Crippen molar-refractivity contribution in [3.8, 4) is 0 Å². The Morgan fingerprint density at radius 2 is 0.917 bits per heavy atom. The molecule has 0 aliphatic rings. The predicted molar refractivity (Wildman–Crippen MR) is 150 cm³/mol. The largest absolute Gasteiger partial charge is 0.394 e. The van der Waals surface area contributed by atoms with Crippen molar-refractivity contribution in [1.29, 1.82) is 0 Å².